The van der Waals surface area contributed by atoms with Crippen LogP contribution in [0.5, 0.6) is 0 Å². The smallest absolute Gasteiger partial charge is 0.183 e. The Morgan fingerprint density at radius 1 is 1.47 bits per heavy atom. The van der Waals surface area contributed by atoms with Gasteiger partial charge in [-0.1, -0.05) is 13.3 Å². The molecule has 0 saturated heterocycles. The van der Waals surface area contributed by atoms with Crippen LogP contribution in [-0.4, -0.2) is 20.2 Å². The number of nitrogens with zero attached hydrogens (tertiary/aromatic N) is 4. The minimum absolute atomic E-state index is 0.872. The van der Waals surface area contributed by atoms with Gasteiger partial charge in [-0.15, -0.1) is 16.4 Å². The average molecular weight is 222 g/mol. The number of tetrazole rings is 1. The Morgan fingerprint density at radius 2 is 2.27 bits per heavy atom. The summed E-state index contributed by atoms with van der Waals surface area (Å²) in [5.74, 6) is 0.872. The molecule has 0 unspecified atom stereocenters. The fourth-order valence-electron chi connectivity index (χ4n) is 1.65. The Hall–Kier alpha value is -1.23. The molecule has 0 aliphatic heterocycles. The molecular formula is C10H14N4S. The predicted molar refractivity (Wildman–Crippen MR) is 60.8 cm³/mol. The van der Waals surface area contributed by atoms with Crippen LogP contribution < -0.4 is 0 Å². The van der Waals surface area contributed by atoms with Crippen molar-refractivity contribution in [1.82, 2.24) is 20.2 Å². The number of hydrogen-bond acceptors (Lipinski definition) is 4. The molecule has 80 valence electrons. The molecule has 2 aromatic heterocycles. The second kappa shape index (κ2) is 4.10. The molecule has 0 saturated carbocycles. The molecule has 4 nitrogen and oxygen atoms in total. The number of aryl methyl sites for hydroxylation is 3. The lowest BCUT2D eigenvalue weighted by molar-refractivity contribution is 0.714. The topological polar surface area (TPSA) is 43.6 Å². The van der Waals surface area contributed by atoms with Crippen LogP contribution in [0.25, 0.3) is 11.4 Å². The van der Waals surface area contributed by atoms with Gasteiger partial charge in [0.1, 0.15) is 0 Å². The molecule has 0 radical (unpaired) electrons. The molecule has 2 heterocycles. The fourth-order valence-corrected chi connectivity index (χ4v) is 2.78. The Morgan fingerprint density at radius 3 is 2.87 bits per heavy atom. The third kappa shape index (κ3) is 1.79. The van der Waals surface area contributed by atoms with E-state index in [-0.39, 0.29) is 0 Å². The van der Waals surface area contributed by atoms with Crippen molar-refractivity contribution in [2.75, 3.05) is 0 Å². The van der Waals surface area contributed by atoms with E-state index in [4.69, 9.17) is 0 Å². The molecule has 0 aliphatic rings. The Kier molecular flexibility index (Phi) is 2.81. The number of hydrogen-bond donors (Lipinski definition) is 0. The minimum atomic E-state index is 0.872. The van der Waals surface area contributed by atoms with Crippen molar-refractivity contribution >= 4 is 11.3 Å². The lowest BCUT2D eigenvalue weighted by Crippen LogP contribution is -1.97. The van der Waals surface area contributed by atoms with Crippen LogP contribution in [-0.2, 0) is 13.5 Å². The molecule has 0 fully saturated rings. The van der Waals surface area contributed by atoms with Crippen molar-refractivity contribution in [3.63, 3.8) is 0 Å². The summed E-state index contributed by atoms with van der Waals surface area (Å²) in [6.45, 7) is 4.30. The molecule has 0 spiro atoms. The monoisotopic (exact) mass is 222 g/mol. The van der Waals surface area contributed by atoms with Crippen LogP contribution in [0.4, 0.5) is 0 Å². The molecule has 0 aromatic carbocycles. The quantitative estimate of drug-likeness (QED) is 0.799. The van der Waals surface area contributed by atoms with E-state index in [1.165, 1.54) is 16.0 Å². The Labute approximate surface area is 92.9 Å². The highest BCUT2D eigenvalue weighted by Crippen LogP contribution is 2.31. The lowest BCUT2D eigenvalue weighted by atomic mass is 10.1. The van der Waals surface area contributed by atoms with Gasteiger partial charge in [0.05, 0.1) is 0 Å². The van der Waals surface area contributed by atoms with Gasteiger partial charge in [0.2, 0.25) is 0 Å². The summed E-state index contributed by atoms with van der Waals surface area (Å²) in [5, 5.41) is 13.8. The summed E-state index contributed by atoms with van der Waals surface area (Å²) >= 11 is 1.80. The van der Waals surface area contributed by atoms with Crippen LogP contribution in [0.15, 0.2) is 5.38 Å². The second-order valence-electron chi connectivity index (χ2n) is 3.59. The Bertz CT molecular complexity index is 458. The zero-order valence-electron chi connectivity index (χ0n) is 9.19. The van der Waals surface area contributed by atoms with Gasteiger partial charge in [-0.3, -0.25) is 0 Å². The molecule has 5 heteroatoms. The van der Waals surface area contributed by atoms with E-state index in [2.05, 4.69) is 34.8 Å². The van der Waals surface area contributed by atoms with Crippen molar-refractivity contribution in [1.29, 1.82) is 0 Å². The minimum Gasteiger partial charge on any atom is -0.229 e. The Balaban J connectivity index is 2.51. The molecule has 15 heavy (non-hydrogen) atoms. The number of thiophene rings is 1. The molecule has 0 aliphatic carbocycles. The van der Waals surface area contributed by atoms with Gasteiger partial charge in [0.15, 0.2) is 5.82 Å². The number of aromatic nitrogens is 4. The maximum absolute atomic E-state index is 4.07. The molecule has 0 atom stereocenters. The van der Waals surface area contributed by atoms with Crippen molar-refractivity contribution in [3.8, 4) is 11.4 Å². The average Bonchev–Trinajstić information content (AvgIpc) is 2.75. The first-order valence-electron chi connectivity index (χ1n) is 5.03. The molecule has 0 bridgehead atoms. The summed E-state index contributed by atoms with van der Waals surface area (Å²) in [5.41, 5.74) is 2.48. The zero-order chi connectivity index (χ0) is 10.8. The van der Waals surface area contributed by atoms with Crippen molar-refractivity contribution in [3.05, 3.63) is 15.8 Å². The summed E-state index contributed by atoms with van der Waals surface area (Å²) in [7, 11) is 1.88. The largest absolute Gasteiger partial charge is 0.229 e. The second-order valence-corrected chi connectivity index (χ2v) is 4.56. The molecule has 0 amide bonds. The van der Waals surface area contributed by atoms with Gasteiger partial charge in [-0.25, -0.2) is 4.68 Å². The van der Waals surface area contributed by atoms with E-state index in [9.17, 15) is 0 Å². The summed E-state index contributed by atoms with van der Waals surface area (Å²) in [6, 6.07) is 0. The van der Waals surface area contributed by atoms with Gasteiger partial charge >= 0.3 is 0 Å². The fraction of sp³-hybridized carbons (Fsp3) is 0.500. The van der Waals surface area contributed by atoms with Crippen LogP contribution >= 0.6 is 11.3 Å². The zero-order valence-corrected chi connectivity index (χ0v) is 10.0. The van der Waals surface area contributed by atoms with Crippen LogP contribution in [0, 0.1) is 6.92 Å². The molecule has 2 aromatic rings. The maximum atomic E-state index is 4.07. The highest BCUT2D eigenvalue weighted by Gasteiger charge is 2.15. The van der Waals surface area contributed by atoms with E-state index >= 15 is 0 Å². The van der Waals surface area contributed by atoms with Gasteiger partial charge in [0.25, 0.3) is 0 Å². The van der Waals surface area contributed by atoms with Crippen molar-refractivity contribution in [2.24, 2.45) is 7.05 Å². The first-order chi connectivity index (χ1) is 7.24. The van der Waals surface area contributed by atoms with E-state index < -0.39 is 0 Å². The lowest BCUT2D eigenvalue weighted by Gasteiger charge is -2.02. The van der Waals surface area contributed by atoms with Crippen molar-refractivity contribution in [2.45, 2.75) is 26.7 Å². The van der Waals surface area contributed by atoms with Gasteiger partial charge < -0.3 is 0 Å². The van der Waals surface area contributed by atoms with E-state index in [1.54, 1.807) is 16.0 Å². The number of rotatable bonds is 3. The molecular weight excluding hydrogens is 208 g/mol. The first-order valence-corrected chi connectivity index (χ1v) is 5.91. The van der Waals surface area contributed by atoms with Gasteiger partial charge in [0, 0.05) is 17.5 Å². The molecule has 2 rings (SSSR count). The third-order valence-corrected chi connectivity index (χ3v) is 3.54. The SMILES string of the molecule is CCCc1scc(C)c1-c1nnnn1C. The normalized spacial score (nSPS) is 10.9. The van der Waals surface area contributed by atoms with Crippen molar-refractivity contribution < 1.29 is 0 Å². The third-order valence-electron chi connectivity index (χ3n) is 2.37. The highest BCUT2D eigenvalue weighted by atomic mass is 32.1. The van der Waals surface area contributed by atoms with Crippen LogP contribution in [0.2, 0.25) is 0 Å². The van der Waals surface area contributed by atoms with Gasteiger partial charge in [-0.2, -0.15) is 0 Å². The van der Waals surface area contributed by atoms with E-state index in [1.807, 2.05) is 7.05 Å². The van der Waals surface area contributed by atoms with E-state index in [0.717, 1.165) is 18.7 Å². The van der Waals surface area contributed by atoms with Crippen LogP contribution in [0.1, 0.15) is 23.8 Å². The summed E-state index contributed by atoms with van der Waals surface area (Å²) in [4.78, 5) is 1.38. The maximum Gasteiger partial charge on any atom is 0.183 e. The van der Waals surface area contributed by atoms with Crippen LogP contribution in [0.3, 0.4) is 0 Å². The highest BCUT2D eigenvalue weighted by molar-refractivity contribution is 7.10. The summed E-state index contributed by atoms with van der Waals surface area (Å²) in [6.07, 6.45) is 2.25. The summed E-state index contributed by atoms with van der Waals surface area (Å²) < 4.78 is 1.73. The standard InChI is InChI=1S/C10H14N4S/c1-4-5-8-9(7(2)6-15-8)10-11-12-13-14(10)3/h6H,4-5H2,1-3H3. The first kappa shape index (κ1) is 10.3. The van der Waals surface area contributed by atoms with E-state index in [0.29, 0.717) is 0 Å². The van der Waals surface area contributed by atoms with Gasteiger partial charge in [-0.05, 0) is 34.7 Å². The molecule has 0 N–H and O–H groups in total. The predicted octanol–water partition coefficient (Wildman–Crippen LogP) is 2.20.